The maximum atomic E-state index is 13.6. The summed E-state index contributed by atoms with van der Waals surface area (Å²) < 4.78 is 27.9. The third kappa shape index (κ3) is 6.65. The molecule has 2 heterocycles. The molecule has 10 nitrogen and oxygen atoms in total. The molecular formula is C32H42N2O8. The Morgan fingerprint density at radius 1 is 0.976 bits per heavy atom. The average molecular weight is 583 g/mol. The third-order valence-electron chi connectivity index (χ3n) is 7.74. The van der Waals surface area contributed by atoms with Gasteiger partial charge < -0.3 is 33.7 Å². The summed E-state index contributed by atoms with van der Waals surface area (Å²) in [5.74, 6) is 0.214. The maximum absolute atomic E-state index is 13.6. The Kier molecular flexibility index (Phi) is 10.7. The Hall–Kier alpha value is -3.76. The number of carbonyl (C=O) groups is 2. The van der Waals surface area contributed by atoms with Crippen molar-refractivity contribution < 1.29 is 38.4 Å². The summed E-state index contributed by atoms with van der Waals surface area (Å²) in [6.45, 7) is 8.62. The van der Waals surface area contributed by atoms with Gasteiger partial charge in [0, 0.05) is 31.7 Å². The Bertz CT molecular complexity index is 1280. The topological polar surface area (TPSA) is 107 Å². The molecule has 4 rings (SSSR count). The zero-order valence-corrected chi connectivity index (χ0v) is 25.2. The lowest BCUT2D eigenvalue weighted by Gasteiger charge is -2.29. The van der Waals surface area contributed by atoms with Crippen molar-refractivity contribution in [2.75, 3.05) is 67.3 Å². The zero-order chi connectivity index (χ0) is 30.2. The first-order chi connectivity index (χ1) is 20.3. The van der Waals surface area contributed by atoms with E-state index in [4.69, 9.17) is 23.7 Å². The molecule has 0 radical (unpaired) electrons. The summed E-state index contributed by atoms with van der Waals surface area (Å²) in [6.07, 6.45) is 2.60. The number of ketones is 1. The Balaban J connectivity index is 1.76. The van der Waals surface area contributed by atoms with Crippen LogP contribution in [0.3, 0.4) is 0 Å². The van der Waals surface area contributed by atoms with E-state index in [1.165, 1.54) is 26.2 Å². The molecule has 2 aromatic carbocycles. The van der Waals surface area contributed by atoms with Crippen LogP contribution in [0, 0.1) is 6.92 Å². The Morgan fingerprint density at radius 3 is 2.26 bits per heavy atom. The molecule has 42 heavy (non-hydrogen) atoms. The van der Waals surface area contributed by atoms with E-state index in [1.807, 2.05) is 13.0 Å². The molecule has 10 heteroatoms. The van der Waals surface area contributed by atoms with Gasteiger partial charge in [0.25, 0.3) is 11.7 Å². The first-order valence-electron chi connectivity index (χ1n) is 14.5. The molecule has 2 aliphatic rings. The van der Waals surface area contributed by atoms with Crippen LogP contribution in [-0.4, -0.2) is 93.9 Å². The number of nitrogens with zero attached hydrogens (tertiary/aromatic N) is 2. The molecule has 0 spiro atoms. The largest absolute Gasteiger partial charge is 0.507 e. The Morgan fingerprint density at radius 2 is 1.67 bits per heavy atom. The van der Waals surface area contributed by atoms with Crippen molar-refractivity contribution >= 4 is 17.4 Å². The number of methoxy groups -OCH3 is 3. The van der Waals surface area contributed by atoms with Gasteiger partial charge in [0.15, 0.2) is 11.5 Å². The number of ether oxygens (including phenoxy) is 5. The van der Waals surface area contributed by atoms with Gasteiger partial charge in [-0.3, -0.25) is 14.5 Å². The quantitative estimate of drug-likeness (QED) is 0.160. The van der Waals surface area contributed by atoms with Gasteiger partial charge in [-0.05, 0) is 61.2 Å². The number of aliphatic hydroxyl groups excluding tert-OH is 1. The zero-order valence-electron chi connectivity index (χ0n) is 25.2. The highest BCUT2D eigenvalue weighted by Crippen LogP contribution is 2.46. The second kappa shape index (κ2) is 14.4. The van der Waals surface area contributed by atoms with E-state index in [1.54, 1.807) is 24.3 Å². The molecule has 1 N–H and O–H groups in total. The fraction of sp³-hybridized carbons (Fsp3) is 0.500. The number of amides is 1. The fourth-order valence-corrected chi connectivity index (χ4v) is 5.48. The molecule has 1 atom stereocenters. The van der Waals surface area contributed by atoms with Crippen LogP contribution in [0.5, 0.6) is 23.0 Å². The second-order valence-electron chi connectivity index (χ2n) is 10.4. The van der Waals surface area contributed by atoms with E-state index in [9.17, 15) is 14.7 Å². The summed E-state index contributed by atoms with van der Waals surface area (Å²) in [4.78, 5) is 31.0. The van der Waals surface area contributed by atoms with Crippen molar-refractivity contribution in [1.29, 1.82) is 0 Å². The first-order valence-corrected chi connectivity index (χ1v) is 14.5. The lowest BCUT2D eigenvalue weighted by atomic mass is 9.93. The molecule has 2 aromatic rings. The van der Waals surface area contributed by atoms with Gasteiger partial charge in [-0.25, -0.2) is 0 Å². The number of aryl methyl sites for hydroxylation is 1. The highest BCUT2D eigenvalue weighted by atomic mass is 16.5. The summed E-state index contributed by atoms with van der Waals surface area (Å²) in [6, 6.07) is 7.91. The van der Waals surface area contributed by atoms with Gasteiger partial charge >= 0.3 is 0 Å². The molecule has 0 bridgehead atoms. The van der Waals surface area contributed by atoms with Crippen molar-refractivity contribution in [2.24, 2.45) is 0 Å². The normalized spacial score (nSPS) is 18.8. The molecule has 0 unspecified atom stereocenters. The predicted octanol–water partition coefficient (Wildman–Crippen LogP) is 4.34. The van der Waals surface area contributed by atoms with Crippen molar-refractivity contribution in [1.82, 2.24) is 9.80 Å². The number of likely N-dealkylation sites (tertiary alicyclic amines) is 1. The number of unbranched alkanes of at least 4 members (excludes halogenated alkanes) is 1. The lowest BCUT2D eigenvalue weighted by Crippen LogP contribution is -2.39. The number of morpholine rings is 1. The number of Topliss-reactive ketones (excluding diaryl/α,β-unsaturated/α-hetero) is 1. The highest BCUT2D eigenvalue weighted by Gasteiger charge is 2.46. The monoisotopic (exact) mass is 582 g/mol. The minimum Gasteiger partial charge on any atom is -0.507 e. The van der Waals surface area contributed by atoms with E-state index < -0.39 is 17.7 Å². The standard InChI is InChI=1S/C32H42N2O8/c1-6-7-15-42-23-9-10-24(21(2)18-23)29(35)27-28(22-19-25(38-3)31(40-5)26(20-22)39-4)34(32(37)30(27)36)12-8-11-33-13-16-41-17-14-33/h9-10,18-20,28,35H,6-8,11-17H2,1-5H3/b29-27+/t28-/m0/s1. The summed E-state index contributed by atoms with van der Waals surface area (Å²) in [5, 5.41) is 11.7. The van der Waals surface area contributed by atoms with Crippen LogP contribution >= 0.6 is 0 Å². The molecule has 0 aliphatic carbocycles. The first kappa shape index (κ1) is 31.2. The minimum absolute atomic E-state index is 0.0170. The van der Waals surface area contributed by atoms with Crippen LogP contribution in [0.25, 0.3) is 5.76 Å². The van der Waals surface area contributed by atoms with Gasteiger partial charge in [0.2, 0.25) is 5.75 Å². The van der Waals surface area contributed by atoms with Crippen LogP contribution in [0.1, 0.15) is 48.9 Å². The van der Waals surface area contributed by atoms with Crippen LogP contribution in [-0.2, 0) is 14.3 Å². The number of benzene rings is 2. The smallest absolute Gasteiger partial charge is 0.295 e. The van der Waals surface area contributed by atoms with Gasteiger partial charge in [0.1, 0.15) is 11.5 Å². The SMILES string of the molecule is CCCCOc1ccc(/C(O)=C2\C(=O)C(=O)N(CCCN3CCOCC3)[C@H]2c2cc(OC)c(OC)c(OC)c2)c(C)c1. The molecule has 0 aromatic heterocycles. The summed E-state index contributed by atoms with van der Waals surface area (Å²) >= 11 is 0. The fourth-order valence-electron chi connectivity index (χ4n) is 5.48. The molecule has 0 saturated carbocycles. The predicted molar refractivity (Wildman–Crippen MR) is 159 cm³/mol. The molecule has 2 saturated heterocycles. The number of rotatable bonds is 13. The maximum Gasteiger partial charge on any atom is 0.295 e. The van der Waals surface area contributed by atoms with E-state index >= 15 is 0 Å². The van der Waals surface area contributed by atoms with Crippen molar-refractivity contribution in [3.63, 3.8) is 0 Å². The molecule has 2 aliphatic heterocycles. The third-order valence-corrected chi connectivity index (χ3v) is 7.74. The van der Waals surface area contributed by atoms with Crippen molar-refractivity contribution in [3.8, 4) is 23.0 Å². The van der Waals surface area contributed by atoms with Crippen molar-refractivity contribution in [2.45, 2.75) is 39.2 Å². The molecular weight excluding hydrogens is 540 g/mol. The molecule has 1 amide bonds. The lowest BCUT2D eigenvalue weighted by molar-refractivity contribution is -0.140. The number of hydrogen-bond donors (Lipinski definition) is 1. The Labute approximate surface area is 247 Å². The van der Waals surface area contributed by atoms with Gasteiger partial charge in [0.05, 0.1) is 52.8 Å². The molecule has 228 valence electrons. The van der Waals surface area contributed by atoms with Crippen LogP contribution in [0.15, 0.2) is 35.9 Å². The van der Waals surface area contributed by atoms with Gasteiger partial charge in [-0.2, -0.15) is 0 Å². The van der Waals surface area contributed by atoms with Gasteiger partial charge in [-0.1, -0.05) is 13.3 Å². The number of aliphatic hydroxyl groups is 1. The second-order valence-corrected chi connectivity index (χ2v) is 10.4. The highest BCUT2D eigenvalue weighted by molar-refractivity contribution is 6.46. The van der Waals surface area contributed by atoms with E-state index in [-0.39, 0.29) is 11.3 Å². The van der Waals surface area contributed by atoms with Gasteiger partial charge in [-0.15, -0.1) is 0 Å². The van der Waals surface area contributed by atoms with Crippen molar-refractivity contribution in [3.05, 3.63) is 52.6 Å². The van der Waals surface area contributed by atoms with E-state index in [0.29, 0.717) is 66.9 Å². The van der Waals surface area contributed by atoms with E-state index in [0.717, 1.165) is 38.0 Å². The number of carbonyl (C=O) groups excluding carboxylic acids is 2. The molecule has 2 fully saturated rings. The van der Waals surface area contributed by atoms with Crippen LogP contribution < -0.4 is 18.9 Å². The van der Waals surface area contributed by atoms with E-state index in [2.05, 4.69) is 11.8 Å². The minimum atomic E-state index is -0.858. The van der Waals surface area contributed by atoms with Crippen LogP contribution in [0.2, 0.25) is 0 Å². The summed E-state index contributed by atoms with van der Waals surface area (Å²) in [5.41, 5.74) is 1.77. The average Bonchev–Trinajstić information content (AvgIpc) is 3.25. The van der Waals surface area contributed by atoms with Crippen LogP contribution in [0.4, 0.5) is 0 Å². The number of hydrogen-bond acceptors (Lipinski definition) is 9. The summed E-state index contributed by atoms with van der Waals surface area (Å²) in [7, 11) is 4.53.